The van der Waals surface area contributed by atoms with Gasteiger partial charge in [0.1, 0.15) is 30.8 Å². The lowest BCUT2D eigenvalue weighted by Gasteiger charge is -2.16. The molecule has 6 heteroatoms. The third kappa shape index (κ3) is 3.66. The Bertz CT molecular complexity index is 576. The predicted octanol–water partition coefficient (Wildman–Crippen LogP) is 2.01. The lowest BCUT2D eigenvalue weighted by molar-refractivity contribution is 0.200. The first kappa shape index (κ1) is 15.2. The first-order valence-corrected chi connectivity index (χ1v) is 6.90. The van der Waals surface area contributed by atoms with E-state index in [4.69, 9.17) is 14.6 Å². The summed E-state index contributed by atoms with van der Waals surface area (Å²) in [6.45, 7) is 4.76. The summed E-state index contributed by atoms with van der Waals surface area (Å²) < 4.78 is 11.4. The standard InChI is InChI=1S/C15H19N3O3/c1-3-7-20-13-5-4-12(15-17-9-16-10-18-15)14(11(13)2)21-8-6-19/h4-5,9-10,19H,3,6-8H2,1-2H3. The number of aliphatic hydroxyl groups excluding tert-OH is 1. The van der Waals surface area contributed by atoms with Crippen molar-refractivity contribution >= 4 is 0 Å². The molecule has 0 bridgehead atoms. The monoisotopic (exact) mass is 289 g/mol. The number of benzene rings is 1. The molecule has 1 aromatic carbocycles. The van der Waals surface area contributed by atoms with Gasteiger partial charge < -0.3 is 14.6 Å². The van der Waals surface area contributed by atoms with E-state index in [1.54, 1.807) is 0 Å². The second-order valence-electron chi connectivity index (χ2n) is 4.45. The molecule has 0 aliphatic rings. The van der Waals surface area contributed by atoms with Crippen molar-refractivity contribution in [3.05, 3.63) is 30.4 Å². The Hall–Kier alpha value is -2.21. The van der Waals surface area contributed by atoms with Crippen LogP contribution in [0.2, 0.25) is 0 Å². The van der Waals surface area contributed by atoms with E-state index in [0.29, 0.717) is 18.2 Å². The van der Waals surface area contributed by atoms with Crippen LogP contribution in [0.1, 0.15) is 18.9 Å². The smallest absolute Gasteiger partial charge is 0.166 e. The number of hydrogen-bond donors (Lipinski definition) is 1. The highest BCUT2D eigenvalue weighted by Crippen LogP contribution is 2.36. The van der Waals surface area contributed by atoms with Gasteiger partial charge in [0, 0.05) is 5.56 Å². The molecular formula is C15H19N3O3. The van der Waals surface area contributed by atoms with Crippen molar-refractivity contribution in [2.75, 3.05) is 19.8 Å². The fourth-order valence-electron chi connectivity index (χ4n) is 1.93. The zero-order chi connectivity index (χ0) is 15.1. The van der Waals surface area contributed by atoms with Crippen molar-refractivity contribution in [3.8, 4) is 22.9 Å². The van der Waals surface area contributed by atoms with Crippen LogP contribution in [0.4, 0.5) is 0 Å². The van der Waals surface area contributed by atoms with Crippen LogP contribution in [-0.4, -0.2) is 39.9 Å². The molecule has 2 rings (SSSR count). The highest BCUT2D eigenvalue weighted by Gasteiger charge is 2.15. The maximum absolute atomic E-state index is 8.99. The molecule has 6 nitrogen and oxygen atoms in total. The van der Waals surface area contributed by atoms with Crippen LogP contribution in [0, 0.1) is 6.92 Å². The second kappa shape index (κ2) is 7.54. The molecule has 0 amide bonds. The van der Waals surface area contributed by atoms with Gasteiger partial charge in [0.2, 0.25) is 0 Å². The molecule has 1 heterocycles. The van der Waals surface area contributed by atoms with Gasteiger partial charge in [0.15, 0.2) is 5.82 Å². The highest BCUT2D eigenvalue weighted by molar-refractivity contribution is 5.68. The summed E-state index contributed by atoms with van der Waals surface area (Å²) in [7, 11) is 0. The zero-order valence-corrected chi connectivity index (χ0v) is 12.2. The fraction of sp³-hybridized carbons (Fsp3) is 0.400. The van der Waals surface area contributed by atoms with Crippen molar-refractivity contribution in [3.63, 3.8) is 0 Å². The lowest BCUT2D eigenvalue weighted by Crippen LogP contribution is -2.06. The second-order valence-corrected chi connectivity index (χ2v) is 4.45. The van der Waals surface area contributed by atoms with E-state index in [-0.39, 0.29) is 13.2 Å². The van der Waals surface area contributed by atoms with Crippen LogP contribution in [0.25, 0.3) is 11.4 Å². The number of rotatable bonds is 7. The van der Waals surface area contributed by atoms with E-state index in [9.17, 15) is 0 Å². The van der Waals surface area contributed by atoms with Crippen molar-refractivity contribution in [1.29, 1.82) is 0 Å². The van der Waals surface area contributed by atoms with Crippen molar-refractivity contribution < 1.29 is 14.6 Å². The summed E-state index contributed by atoms with van der Waals surface area (Å²) in [6.07, 6.45) is 3.81. The van der Waals surface area contributed by atoms with E-state index in [0.717, 1.165) is 23.3 Å². The van der Waals surface area contributed by atoms with Gasteiger partial charge in [-0.2, -0.15) is 0 Å². The topological polar surface area (TPSA) is 77.4 Å². The summed E-state index contributed by atoms with van der Waals surface area (Å²) in [5, 5.41) is 8.99. The van der Waals surface area contributed by atoms with Crippen molar-refractivity contribution in [2.24, 2.45) is 0 Å². The van der Waals surface area contributed by atoms with E-state index in [2.05, 4.69) is 21.9 Å². The molecule has 0 aliphatic carbocycles. The third-order valence-electron chi connectivity index (χ3n) is 2.89. The van der Waals surface area contributed by atoms with Crippen molar-refractivity contribution in [2.45, 2.75) is 20.3 Å². The maximum Gasteiger partial charge on any atom is 0.166 e. The molecule has 0 saturated carbocycles. The van der Waals surface area contributed by atoms with Crippen LogP contribution >= 0.6 is 0 Å². The minimum atomic E-state index is -0.0594. The summed E-state index contributed by atoms with van der Waals surface area (Å²) in [4.78, 5) is 12.1. The SMILES string of the molecule is CCCOc1ccc(-c2ncncn2)c(OCCO)c1C. The molecule has 0 radical (unpaired) electrons. The number of ether oxygens (including phenoxy) is 2. The van der Waals surface area contributed by atoms with Gasteiger partial charge in [-0.3, -0.25) is 0 Å². The van der Waals surface area contributed by atoms with Gasteiger partial charge in [0.25, 0.3) is 0 Å². The van der Waals surface area contributed by atoms with E-state index >= 15 is 0 Å². The van der Waals surface area contributed by atoms with Gasteiger partial charge in [-0.1, -0.05) is 6.92 Å². The van der Waals surface area contributed by atoms with Crippen LogP contribution < -0.4 is 9.47 Å². The number of aliphatic hydroxyl groups is 1. The number of aromatic nitrogens is 3. The molecule has 0 aliphatic heterocycles. The lowest BCUT2D eigenvalue weighted by atomic mass is 10.1. The first-order chi connectivity index (χ1) is 10.3. The zero-order valence-electron chi connectivity index (χ0n) is 12.2. The Kier molecular flexibility index (Phi) is 5.45. The Morgan fingerprint density at radius 2 is 1.86 bits per heavy atom. The summed E-state index contributed by atoms with van der Waals surface area (Å²) in [6, 6.07) is 3.75. The van der Waals surface area contributed by atoms with Gasteiger partial charge in [0.05, 0.1) is 18.8 Å². The normalized spacial score (nSPS) is 10.4. The van der Waals surface area contributed by atoms with Crippen molar-refractivity contribution in [1.82, 2.24) is 15.0 Å². The Morgan fingerprint density at radius 1 is 1.10 bits per heavy atom. The van der Waals surface area contributed by atoms with Gasteiger partial charge in [-0.25, -0.2) is 15.0 Å². The summed E-state index contributed by atoms with van der Waals surface area (Å²) in [5.74, 6) is 1.93. The number of nitrogens with zero attached hydrogens (tertiary/aromatic N) is 3. The Labute approximate surface area is 123 Å². The van der Waals surface area contributed by atoms with Crippen LogP contribution in [-0.2, 0) is 0 Å². The van der Waals surface area contributed by atoms with Gasteiger partial charge in [-0.15, -0.1) is 0 Å². The van der Waals surface area contributed by atoms with E-state index < -0.39 is 0 Å². The molecule has 0 atom stereocenters. The first-order valence-electron chi connectivity index (χ1n) is 6.90. The quantitative estimate of drug-likeness (QED) is 0.840. The van der Waals surface area contributed by atoms with E-state index in [1.807, 2.05) is 19.1 Å². The Balaban J connectivity index is 2.42. The minimum Gasteiger partial charge on any atom is -0.493 e. The molecule has 0 spiro atoms. The maximum atomic E-state index is 8.99. The summed E-state index contributed by atoms with van der Waals surface area (Å²) >= 11 is 0. The average Bonchev–Trinajstić information content (AvgIpc) is 2.53. The van der Waals surface area contributed by atoms with E-state index in [1.165, 1.54) is 12.7 Å². The number of hydrogen-bond acceptors (Lipinski definition) is 6. The van der Waals surface area contributed by atoms with Crippen LogP contribution in [0.15, 0.2) is 24.8 Å². The van der Waals surface area contributed by atoms with Gasteiger partial charge in [-0.05, 0) is 25.5 Å². The summed E-state index contributed by atoms with van der Waals surface area (Å²) in [5.41, 5.74) is 1.63. The third-order valence-corrected chi connectivity index (χ3v) is 2.89. The fourth-order valence-corrected chi connectivity index (χ4v) is 1.93. The largest absolute Gasteiger partial charge is 0.493 e. The average molecular weight is 289 g/mol. The molecule has 1 N–H and O–H groups in total. The molecular weight excluding hydrogens is 270 g/mol. The van der Waals surface area contributed by atoms with Gasteiger partial charge >= 0.3 is 0 Å². The Morgan fingerprint density at radius 3 is 2.52 bits per heavy atom. The molecule has 0 saturated heterocycles. The van der Waals surface area contributed by atoms with Crippen LogP contribution in [0.3, 0.4) is 0 Å². The minimum absolute atomic E-state index is 0.0594. The molecule has 112 valence electrons. The molecule has 21 heavy (non-hydrogen) atoms. The van der Waals surface area contributed by atoms with Crippen LogP contribution in [0.5, 0.6) is 11.5 Å². The molecule has 2 aromatic rings. The highest BCUT2D eigenvalue weighted by atomic mass is 16.5. The molecule has 1 aromatic heterocycles. The molecule has 0 fully saturated rings. The molecule has 0 unspecified atom stereocenters. The predicted molar refractivity (Wildman–Crippen MR) is 78.4 cm³/mol.